The van der Waals surface area contributed by atoms with Crippen molar-refractivity contribution in [2.45, 2.75) is 19.8 Å². The summed E-state index contributed by atoms with van der Waals surface area (Å²) in [5.41, 5.74) is 0.890. The zero-order valence-corrected chi connectivity index (χ0v) is 12.7. The van der Waals surface area contributed by atoms with Crippen LogP contribution in [0.2, 0.25) is 5.02 Å². The van der Waals surface area contributed by atoms with Crippen LogP contribution in [-0.4, -0.2) is 28.3 Å². The van der Waals surface area contributed by atoms with Crippen molar-refractivity contribution in [3.63, 3.8) is 0 Å². The average molecular weight is 304 g/mol. The fraction of sp³-hybridized carbons (Fsp3) is 0.400. The summed E-state index contributed by atoms with van der Waals surface area (Å²) in [7, 11) is 0. The lowest BCUT2D eigenvalue weighted by atomic mass is 10.0. The zero-order chi connectivity index (χ0) is 14.7. The lowest BCUT2D eigenvalue weighted by molar-refractivity contribution is 0.441. The molecule has 0 amide bonds. The summed E-state index contributed by atoms with van der Waals surface area (Å²) in [6, 6.07) is 7.53. The van der Waals surface area contributed by atoms with Gasteiger partial charge in [0.2, 0.25) is 5.95 Å². The molecule has 1 aromatic heterocycles. The molecule has 0 spiro atoms. The third-order valence-corrected chi connectivity index (χ3v) is 3.82. The van der Waals surface area contributed by atoms with E-state index in [9.17, 15) is 0 Å². The number of hydrogen-bond donors (Lipinski definition) is 1. The van der Waals surface area contributed by atoms with E-state index in [4.69, 9.17) is 11.6 Å². The molecule has 1 atom stereocenters. The molecule has 1 aliphatic rings. The maximum Gasteiger partial charge on any atom is 0.247 e. The van der Waals surface area contributed by atoms with Gasteiger partial charge in [0.05, 0.1) is 6.20 Å². The van der Waals surface area contributed by atoms with Crippen LogP contribution in [0.15, 0.2) is 30.5 Å². The van der Waals surface area contributed by atoms with Gasteiger partial charge in [0.25, 0.3) is 0 Å². The molecule has 1 aliphatic heterocycles. The van der Waals surface area contributed by atoms with Crippen molar-refractivity contribution in [2.24, 2.45) is 5.92 Å². The summed E-state index contributed by atoms with van der Waals surface area (Å²) in [6.45, 7) is 4.24. The number of aromatic nitrogens is 3. The zero-order valence-electron chi connectivity index (χ0n) is 12.0. The minimum Gasteiger partial charge on any atom is -0.339 e. The summed E-state index contributed by atoms with van der Waals surface area (Å²) in [6.07, 6.45) is 4.07. The number of rotatable bonds is 3. The molecule has 1 saturated heterocycles. The normalized spacial score (nSPS) is 18.6. The van der Waals surface area contributed by atoms with Crippen LogP contribution in [0.3, 0.4) is 0 Å². The number of halogens is 1. The van der Waals surface area contributed by atoms with Crippen LogP contribution >= 0.6 is 11.6 Å². The van der Waals surface area contributed by atoms with Crippen molar-refractivity contribution in [1.29, 1.82) is 0 Å². The number of piperidine rings is 1. The van der Waals surface area contributed by atoms with Gasteiger partial charge in [0, 0.05) is 23.8 Å². The molecule has 0 bridgehead atoms. The predicted molar refractivity (Wildman–Crippen MR) is 85.2 cm³/mol. The van der Waals surface area contributed by atoms with E-state index in [1.54, 1.807) is 6.20 Å². The van der Waals surface area contributed by atoms with E-state index in [0.717, 1.165) is 18.8 Å². The van der Waals surface area contributed by atoms with E-state index in [0.29, 0.717) is 22.7 Å². The number of hydrogen-bond acceptors (Lipinski definition) is 5. The SMILES string of the molecule is CC1CCCN(c2nncc(Nc3cccc(Cl)c3)n2)C1. The summed E-state index contributed by atoms with van der Waals surface area (Å²) in [5.74, 6) is 2.04. The standard InChI is InChI=1S/C15H18ClN5/c1-11-4-3-7-21(10-11)15-19-14(9-17-20-15)18-13-6-2-5-12(16)8-13/h2,5-6,8-9,11H,3-4,7,10H2,1H3,(H,18,19,20). The van der Waals surface area contributed by atoms with Crippen LogP contribution in [0.25, 0.3) is 0 Å². The van der Waals surface area contributed by atoms with Crippen LogP contribution in [0.4, 0.5) is 17.5 Å². The van der Waals surface area contributed by atoms with Gasteiger partial charge in [-0.1, -0.05) is 24.6 Å². The van der Waals surface area contributed by atoms with E-state index < -0.39 is 0 Å². The van der Waals surface area contributed by atoms with Crippen LogP contribution in [0, 0.1) is 5.92 Å². The summed E-state index contributed by atoms with van der Waals surface area (Å²) in [5, 5.41) is 12.1. The Bertz CT molecular complexity index is 619. The molecule has 0 saturated carbocycles. The molecule has 1 unspecified atom stereocenters. The second-order valence-corrected chi connectivity index (χ2v) is 5.91. The summed E-state index contributed by atoms with van der Waals surface area (Å²) < 4.78 is 0. The Labute approximate surface area is 129 Å². The second-order valence-electron chi connectivity index (χ2n) is 5.47. The first-order valence-corrected chi connectivity index (χ1v) is 7.56. The molecule has 5 nitrogen and oxygen atoms in total. The highest BCUT2D eigenvalue weighted by Gasteiger charge is 2.19. The second kappa shape index (κ2) is 6.26. The number of nitrogens with zero attached hydrogens (tertiary/aromatic N) is 4. The average Bonchev–Trinajstić information content (AvgIpc) is 2.47. The Morgan fingerprint density at radius 1 is 1.38 bits per heavy atom. The quantitative estimate of drug-likeness (QED) is 0.940. The van der Waals surface area contributed by atoms with Gasteiger partial charge in [0.1, 0.15) is 0 Å². The lowest BCUT2D eigenvalue weighted by Crippen LogP contribution is -2.35. The predicted octanol–water partition coefficient (Wildman–Crippen LogP) is 3.50. The Morgan fingerprint density at radius 2 is 2.29 bits per heavy atom. The number of nitrogens with one attached hydrogen (secondary N) is 1. The third kappa shape index (κ3) is 3.61. The smallest absolute Gasteiger partial charge is 0.247 e. The molecule has 2 aromatic rings. The Balaban J connectivity index is 1.76. The van der Waals surface area contributed by atoms with Gasteiger partial charge in [0.15, 0.2) is 5.82 Å². The van der Waals surface area contributed by atoms with Crippen molar-refractivity contribution in [2.75, 3.05) is 23.3 Å². The van der Waals surface area contributed by atoms with Gasteiger partial charge < -0.3 is 10.2 Å². The van der Waals surface area contributed by atoms with E-state index >= 15 is 0 Å². The molecule has 1 fully saturated rings. The van der Waals surface area contributed by atoms with Gasteiger partial charge in [-0.25, -0.2) is 0 Å². The van der Waals surface area contributed by atoms with Crippen molar-refractivity contribution in [3.05, 3.63) is 35.5 Å². The van der Waals surface area contributed by atoms with Crippen molar-refractivity contribution in [3.8, 4) is 0 Å². The van der Waals surface area contributed by atoms with E-state index in [1.807, 2.05) is 24.3 Å². The van der Waals surface area contributed by atoms with Gasteiger partial charge in [-0.05, 0) is 37.0 Å². The van der Waals surface area contributed by atoms with E-state index in [-0.39, 0.29) is 0 Å². The molecule has 0 radical (unpaired) electrons. The first-order valence-electron chi connectivity index (χ1n) is 7.18. The minimum atomic E-state index is 0.673. The highest BCUT2D eigenvalue weighted by molar-refractivity contribution is 6.30. The maximum absolute atomic E-state index is 5.98. The number of anilines is 3. The van der Waals surface area contributed by atoms with Gasteiger partial charge in [-0.3, -0.25) is 0 Å². The van der Waals surface area contributed by atoms with Gasteiger partial charge >= 0.3 is 0 Å². The molecule has 1 N–H and O–H groups in total. The molecule has 1 aromatic carbocycles. The van der Waals surface area contributed by atoms with Crippen LogP contribution in [0.5, 0.6) is 0 Å². The van der Waals surface area contributed by atoms with Crippen LogP contribution in [0.1, 0.15) is 19.8 Å². The Kier molecular flexibility index (Phi) is 4.20. The first-order chi connectivity index (χ1) is 10.2. The molecule has 110 valence electrons. The fourth-order valence-corrected chi connectivity index (χ4v) is 2.76. The first kappa shape index (κ1) is 14.1. The Morgan fingerprint density at radius 3 is 3.10 bits per heavy atom. The van der Waals surface area contributed by atoms with E-state index in [2.05, 4.69) is 32.3 Å². The molecular formula is C15H18ClN5. The molecule has 3 rings (SSSR count). The van der Waals surface area contributed by atoms with Crippen molar-refractivity contribution < 1.29 is 0 Å². The van der Waals surface area contributed by atoms with Gasteiger partial charge in [-0.15, -0.1) is 5.10 Å². The van der Waals surface area contributed by atoms with Crippen LogP contribution < -0.4 is 10.2 Å². The van der Waals surface area contributed by atoms with Crippen molar-refractivity contribution >= 4 is 29.1 Å². The molecule has 0 aliphatic carbocycles. The Hall–Kier alpha value is -1.88. The number of benzene rings is 1. The topological polar surface area (TPSA) is 53.9 Å². The van der Waals surface area contributed by atoms with Crippen LogP contribution in [-0.2, 0) is 0 Å². The highest BCUT2D eigenvalue weighted by Crippen LogP contribution is 2.22. The minimum absolute atomic E-state index is 0.673. The van der Waals surface area contributed by atoms with Gasteiger partial charge in [-0.2, -0.15) is 10.1 Å². The molecule has 6 heteroatoms. The molecule has 21 heavy (non-hydrogen) atoms. The summed E-state index contributed by atoms with van der Waals surface area (Å²) >= 11 is 5.98. The monoisotopic (exact) mass is 303 g/mol. The van der Waals surface area contributed by atoms with E-state index in [1.165, 1.54) is 12.8 Å². The fourth-order valence-electron chi connectivity index (χ4n) is 2.57. The largest absolute Gasteiger partial charge is 0.339 e. The molecular weight excluding hydrogens is 286 g/mol. The maximum atomic E-state index is 5.98. The van der Waals surface area contributed by atoms with Crippen molar-refractivity contribution in [1.82, 2.24) is 15.2 Å². The molecule has 2 heterocycles. The third-order valence-electron chi connectivity index (χ3n) is 3.58. The summed E-state index contributed by atoms with van der Waals surface area (Å²) in [4.78, 5) is 6.75. The lowest BCUT2D eigenvalue weighted by Gasteiger charge is -2.30. The highest BCUT2D eigenvalue weighted by atomic mass is 35.5.